The molecule has 0 saturated carbocycles. The van der Waals surface area contributed by atoms with Crippen molar-refractivity contribution >= 4 is 10.8 Å². The third-order valence-corrected chi connectivity index (χ3v) is 2.73. The fraction of sp³-hybridized carbons (Fsp3) is 0.308. The standard InChI is InChI=1S/C13H12F3NO/c14-13(15,16)5-1-2-9-7-17-8-10-3-4-11(18)6-12(9)10/h3-4,6-8,18H,1-2,5H2. The van der Waals surface area contributed by atoms with Gasteiger partial charge in [-0.15, -0.1) is 0 Å². The van der Waals surface area contributed by atoms with Crippen LogP contribution in [-0.4, -0.2) is 16.3 Å². The number of phenolic OH excluding ortho intramolecular Hbond substituents is 1. The third-order valence-electron chi connectivity index (χ3n) is 2.73. The number of aryl methyl sites for hydroxylation is 1. The zero-order chi connectivity index (χ0) is 13.2. The molecule has 2 aromatic rings. The van der Waals surface area contributed by atoms with Gasteiger partial charge in [0, 0.05) is 24.2 Å². The summed E-state index contributed by atoms with van der Waals surface area (Å²) < 4.78 is 36.2. The van der Waals surface area contributed by atoms with Gasteiger partial charge in [0.1, 0.15) is 5.75 Å². The SMILES string of the molecule is Oc1ccc2cncc(CCCC(F)(F)F)c2c1. The molecule has 0 saturated heterocycles. The molecule has 0 aliphatic rings. The summed E-state index contributed by atoms with van der Waals surface area (Å²) >= 11 is 0. The van der Waals surface area contributed by atoms with E-state index in [1.807, 2.05) is 0 Å². The number of fused-ring (bicyclic) bond motifs is 1. The maximum atomic E-state index is 12.1. The molecule has 0 atom stereocenters. The van der Waals surface area contributed by atoms with E-state index >= 15 is 0 Å². The fourth-order valence-electron chi connectivity index (χ4n) is 1.89. The molecule has 1 N–H and O–H groups in total. The van der Waals surface area contributed by atoms with Crippen molar-refractivity contribution < 1.29 is 18.3 Å². The minimum absolute atomic E-state index is 0.0277. The zero-order valence-electron chi connectivity index (χ0n) is 9.54. The van der Waals surface area contributed by atoms with Crippen LogP contribution in [0, 0.1) is 0 Å². The second-order valence-electron chi connectivity index (χ2n) is 4.17. The molecule has 18 heavy (non-hydrogen) atoms. The number of phenols is 1. The second kappa shape index (κ2) is 4.84. The van der Waals surface area contributed by atoms with Gasteiger partial charge in [0.2, 0.25) is 0 Å². The Kier molecular flexibility index (Phi) is 3.41. The number of nitrogens with zero attached hydrogens (tertiary/aromatic N) is 1. The first-order valence-corrected chi connectivity index (χ1v) is 5.58. The minimum Gasteiger partial charge on any atom is -0.508 e. The number of aromatic nitrogens is 1. The van der Waals surface area contributed by atoms with E-state index in [1.165, 1.54) is 6.07 Å². The maximum Gasteiger partial charge on any atom is 0.389 e. The van der Waals surface area contributed by atoms with Crippen LogP contribution in [0.25, 0.3) is 10.8 Å². The summed E-state index contributed by atoms with van der Waals surface area (Å²) in [4.78, 5) is 3.99. The predicted molar refractivity (Wildman–Crippen MR) is 62.4 cm³/mol. The highest BCUT2D eigenvalue weighted by Gasteiger charge is 2.26. The van der Waals surface area contributed by atoms with Crippen LogP contribution in [0.4, 0.5) is 13.2 Å². The summed E-state index contributed by atoms with van der Waals surface area (Å²) in [7, 11) is 0. The normalized spacial score (nSPS) is 11.9. The summed E-state index contributed by atoms with van der Waals surface area (Å²) in [6, 6.07) is 4.79. The van der Waals surface area contributed by atoms with E-state index in [0.717, 1.165) is 16.3 Å². The second-order valence-corrected chi connectivity index (χ2v) is 4.17. The van der Waals surface area contributed by atoms with E-state index in [9.17, 15) is 18.3 Å². The number of pyridine rings is 1. The molecule has 96 valence electrons. The number of hydrogen-bond donors (Lipinski definition) is 1. The number of hydrogen-bond acceptors (Lipinski definition) is 2. The molecule has 5 heteroatoms. The van der Waals surface area contributed by atoms with Crippen LogP contribution in [0.15, 0.2) is 30.6 Å². The lowest BCUT2D eigenvalue weighted by Gasteiger charge is -2.08. The number of halogens is 3. The molecular formula is C13H12F3NO. The third kappa shape index (κ3) is 3.12. The first-order chi connectivity index (χ1) is 8.46. The molecule has 0 radical (unpaired) electrons. The van der Waals surface area contributed by atoms with Gasteiger partial charge in [0.05, 0.1) is 0 Å². The molecule has 0 aliphatic heterocycles. The van der Waals surface area contributed by atoms with E-state index in [1.54, 1.807) is 24.5 Å². The van der Waals surface area contributed by atoms with Crippen molar-refractivity contribution in [1.29, 1.82) is 0 Å². The Morgan fingerprint density at radius 1 is 1.17 bits per heavy atom. The molecule has 2 rings (SSSR count). The van der Waals surface area contributed by atoms with Crippen molar-refractivity contribution in [3.63, 3.8) is 0 Å². The highest BCUT2D eigenvalue weighted by molar-refractivity contribution is 5.85. The quantitative estimate of drug-likeness (QED) is 0.904. The van der Waals surface area contributed by atoms with Gasteiger partial charge in [0.25, 0.3) is 0 Å². The van der Waals surface area contributed by atoms with E-state index in [2.05, 4.69) is 4.98 Å². The Bertz CT molecular complexity index is 551. The Labute approximate surface area is 102 Å². The van der Waals surface area contributed by atoms with Crippen molar-refractivity contribution in [2.75, 3.05) is 0 Å². The number of rotatable bonds is 3. The van der Waals surface area contributed by atoms with Crippen LogP contribution in [-0.2, 0) is 6.42 Å². The Morgan fingerprint density at radius 2 is 1.94 bits per heavy atom. The van der Waals surface area contributed by atoms with Crippen LogP contribution in [0.1, 0.15) is 18.4 Å². The number of aromatic hydroxyl groups is 1. The molecule has 0 aliphatic carbocycles. The Hall–Kier alpha value is -1.78. The van der Waals surface area contributed by atoms with Gasteiger partial charge in [-0.25, -0.2) is 0 Å². The lowest BCUT2D eigenvalue weighted by molar-refractivity contribution is -0.135. The predicted octanol–water partition coefficient (Wildman–Crippen LogP) is 3.83. The molecule has 0 spiro atoms. The lowest BCUT2D eigenvalue weighted by Crippen LogP contribution is -2.07. The Morgan fingerprint density at radius 3 is 2.67 bits per heavy atom. The van der Waals surface area contributed by atoms with E-state index in [-0.39, 0.29) is 12.2 Å². The highest BCUT2D eigenvalue weighted by atomic mass is 19.4. The van der Waals surface area contributed by atoms with Crippen molar-refractivity contribution in [2.24, 2.45) is 0 Å². The van der Waals surface area contributed by atoms with Crippen molar-refractivity contribution in [1.82, 2.24) is 4.98 Å². The van der Waals surface area contributed by atoms with Crippen LogP contribution in [0.2, 0.25) is 0 Å². The van der Waals surface area contributed by atoms with Gasteiger partial charge in [-0.05, 0) is 42.0 Å². The summed E-state index contributed by atoms with van der Waals surface area (Å²) in [6.07, 6.45) is -1.42. The van der Waals surface area contributed by atoms with Gasteiger partial charge in [-0.3, -0.25) is 4.98 Å². The number of alkyl halides is 3. The Balaban J connectivity index is 2.20. The highest BCUT2D eigenvalue weighted by Crippen LogP contribution is 2.26. The number of benzene rings is 1. The summed E-state index contributed by atoms with van der Waals surface area (Å²) in [5.74, 6) is 0.103. The van der Waals surface area contributed by atoms with E-state index in [0.29, 0.717) is 6.42 Å². The van der Waals surface area contributed by atoms with Gasteiger partial charge >= 0.3 is 6.18 Å². The molecule has 0 amide bonds. The van der Waals surface area contributed by atoms with Crippen LogP contribution >= 0.6 is 0 Å². The molecular weight excluding hydrogens is 243 g/mol. The molecule has 0 unspecified atom stereocenters. The maximum absolute atomic E-state index is 12.1. The van der Waals surface area contributed by atoms with Crippen molar-refractivity contribution in [2.45, 2.75) is 25.4 Å². The van der Waals surface area contributed by atoms with Gasteiger partial charge < -0.3 is 5.11 Å². The van der Waals surface area contributed by atoms with Crippen molar-refractivity contribution in [3.05, 3.63) is 36.2 Å². The smallest absolute Gasteiger partial charge is 0.389 e. The lowest BCUT2D eigenvalue weighted by atomic mass is 10.0. The average molecular weight is 255 g/mol. The first kappa shape index (κ1) is 12.7. The molecule has 0 bridgehead atoms. The molecule has 0 fully saturated rings. The van der Waals surface area contributed by atoms with E-state index in [4.69, 9.17) is 0 Å². The monoisotopic (exact) mass is 255 g/mol. The summed E-state index contributed by atoms with van der Waals surface area (Å²) in [5.41, 5.74) is 0.729. The summed E-state index contributed by atoms with van der Waals surface area (Å²) in [6.45, 7) is 0. The van der Waals surface area contributed by atoms with Crippen molar-refractivity contribution in [3.8, 4) is 5.75 Å². The molecule has 1 heterocycles. The average Bonchev–Trinajstić information content (AvgIpc) is 2.28. The van der Waals surface area contributed by atoms with Crippen LogP contribution in [0.5, 0.6) is 5.75 Å². The van der Waals surface area contributed by atoms with Gasteiger partial charge in [-0.2, -0.15) is 13.2 Å². The van der Waals surface area contributed by atoms with E-state index < -0.39 is 12.6 Å². The van der Waals surface area contributed by atoms with Gasteiger partial charge in [0.15, 0.2) is 0 Å². The molecule has 2 nitrogen and oxygen atoms in total. The first-order valence-electron chi connectivity index (χ1n) is 5.58. The zero-order valence-corrected chi connectivity index (χ0v) is 9.54. The van der Waals surface area contributed by atoms with Crippen LogP contribution in [0.3, 0.4) is 0 Å². The fourth-order valence-corrected chi connectivity index (χ4v) is 1.89. The van der Waals surface area contributed by atoms with Crippen LogP contribution < -0.4 is 0 Å². The molecule has 1 aromatic carbocycles. The van der Waals surface area contributed by atoms with Gasteiger partial charge in [-0.1, -0.05) is 0 Å². The molecule has 1 aromatic heterocycles. The minimum atomic E-state index is -4.12. The topological polar surface area (TPSA) is 33.1 Å². The summed E-state index contributed by atoms with van der Waals surface area (Å²) in [5, 5.41) is 11.0. The largest absolute Gasteiger partial charge is 0.508 e.